The van der Waals surface area contributed by atoms with Crippen LogP contribution in [0.15, 0.2) is 30.5 Å². The molecule has 3 rings (SSSR count). The molecule has 0 unspecified atom stereocenters. The summed E-state index contributed by atoms with van der Waals surface area (Å²) in [5.41, 5.74) is 2.58. The van der Waals surface area contributed by atoms with Crippen molar-refractivity contribution in [1.82, 2.24) is 15.1 Å². The van der Waals surface area contributed by atoms with Gasteiger partial charge < -0.3 is 9.84 Å². The van der Waals surface area contributed by atoms with E-state index in [0.29, 0.717) is 24.0 Å². The lowest BCUT2D eigenvalue weighted by Gasteiger charge is -2.35. The van der Waals surface area contributed by atoms with E-state index in [1.807, 2.05) is 12.1 Å². The molecular weight excluding hydrogens is 318 g/mol. The van der Waals surface area contributed by atoms with E-state index >= 15 is 0 Å². The van der Waals surface area contributed by atoms with Gasteiger partial charge >= 0.3 is 5.97 Å². The van der Waals surface area contributed by atoms with Gasteiger partial charge in [-0.25, -0.2) is 4.79 Å². The number of nitrogens with zero attached hydrogens (tertiary/aromatic N) is 2. The Morgan fingerprint density at radius 3 is 2.92 bits per heavy atom. The Bertz CT molecular complexity index is 696. The molecule has 2 N–H and O–H groups in total. The standard InChI is InChI=1S/C19H25N3O3/c1-25-19(24)18-15(12-20-21-18)13-22-11-3-2-4-16(22)8-5-14-6-9-17(23)10-7-14/h6-7,9-10,12,16,23H,2-5,8,11,13H2,1H3,(H,20,21)/t16-/m0/s1. The number of phenolic OH excluding ortho intramolecular Hbond substituents is 1. The first-order chi connectivity index (χ1) is 12.2. The van der Waals surface area contributed by atoms with Gasteiger partial charge in [0.25, 0.3) is 0 Å². The highest BCUT2D eigenvalue weighted by Crippen LogP contribution is 2.24. The van der Waals surface area contributed by atoms with Gasteiger partial charge in [-0.15, -0.1) is 0 Å². The predicted molar refractivity (Wildman–Crippen MR) is 94.4 cm³/mol. The van der Waals surface area contributed by atoms with E-state index in [1.165, 1.54) is 31.9 Å². The highest BCUT2D eigenvalue weighted by molar-refractivity contribution is 5.88. The number of nitrogens with one attached hydrogen (secondary N) is 1. The van der Waals surface area contributed by atoms with Gasteiger partial charge in [0.15, 0.2) is 0 Å². The molecule has 0 spiro atoms. The number of aromatic nitrogens is 2. The van der Waals surface area contributed by atoms with Crippen molar-refractivity contribution in [3.8, 4) is 5.75 Å². The van der Waals surface area contributed by atoms with Gasteiger partial charge in [0.1, 0.15) is 11.4 Å². The monoisotopic (exact) mass is 343 g/mol. The van der Waals surface area contributed by atoms with Crippen molar-refractivity contribution in [1.29, 1.82) is 0 Å². The first-order valence-electron chi connectivity index (χ1n) is 8.80. The number of esters is 1. The van der Waals surface area contributed by atoms with Crippen molar-refractivity contribution >= 4 is 5.97 Å². The molecule has 1 saturated heterocycles. The molecule has 0 saturated carbocycles. The van der Waals surface area contributed by atoms with E-state index in [0.717, 1.165) is 24.9 Å². The number of H-pyrrole nitrogens is 1. The van der Waals surface area contributed by atoms with E-state index in [4.69, 9.17) is 4.74 Å². The lowest BCUT2D eigenvalue weighted by molar-refractivity contribution is 0.0589. The summed E-state index contributed by atoms with van der Waals surface area (Å²) >= 11 is 0. The summed E-state index contributed by atoms with van der Waals surface area (Å²) in [6, 6.07) is 7.93. The number of piperidine rings is 1. The Labute approximate surface area is 147 Å². The molecule has 6 heteroatoms. The zero-order chi connectivity index (χ0) is 17.6. The fraction of sp³-hybridized carbons (Fsp3) is 0.474. The van der Waals surface area contributed by atoms with Crippen LogP contribution < -0.4 is 0 Å². The normalized spacial score (nSPS) is 18.2. The summed E-state index contributed by atoms with van der Waals surface area (Å²) in [7, 11) is 1.38. The van der Waals surface area contributed by atoms with Gasteiger partial charge in [-0.05, 0) is 49.9 Å². The Kier molecular flexibility index (Phi) is 5.71. The Hall–Kier alpha value is -2.34. The first kappa shape index (κ1) is 17.5. The lowest BCUT2D eigenvalue weighted by Crippen LogP contribution is -2.39. The molecule has 2 heterocycles. The smallest absolute Gasteiger partial charge is 0.356 e. The van der Waals surface area contributed by atoms with Gasteiger partial charge in [0.05, 0.1) is 13.3 Å². The minimum atomic E-state index is -0.370. The van der Waals surface area contributed by atoms with Crippen molar-refractivity contribution in [2.24, 2.45) is 0 Å². The molecule has 1 aromatic carbocycles. The number of carbonyl (C=O) groups is 1. The van der Waals surface area contributed by atoms with Gasteiger partial charge in [-0.1, -0.05) is 18.6 Å². The topological polar surface area (TPSA) is 78.5 Å². The molecule has 1 atom stereocenters. The lowest BCUT2D eigenvalue weighted by atomic mass is 9.95. The van der Waals surface area contributed by atoms with E-state index in [-0.39, 0.29) is 5.97 Å². The number of rotatable bonds is 6. The van der Waals surface area contributed by atoms with Crippen LogP contribution in [0.1, 0.15) is 47.3 Å². The molecule has 6 nitrogen and oxygen atoms in total. The molecule has 25 heavy (non-hydrogen) atoms. The third-order valence-electron chi connectivity index (χ3n) is 4.93. The van der Waals surface area contributed by atoms with Crippen molar-refractivity contribution < 1.29 is 14.6 Å². The van der Waals surface area contributed by atoms with Crippen molar-refractivity contribution in [3.63, 3.8) is 0 Å². The zero-order valence-corrected chi connectivity index (χ0v) is 14.6. The number of phenols is 1. The summed E-state index contributed by atoms with van der Waals surface area (Å²) in [5, 5.41) is 16.2. The maximum absolute atomic E-state index is 11.8. The average molecular weight is 343 g/mol. The van der Waals surface area contributed by atoms with Crippen LogP contribution in [0.2, 0.25) is 0 Å². The zero-order valence-electron chi connectivity index (χ0n) is 14.6. The largest absolute Gasteiger partial charge is 0.508 e. The number of ether oxygens (including phenoxy) is 1. The van der Waals surface area contributed by atoms with E-state index < -0.39 is 0 Å². The van der Waals surface area contributed by atoms with Crippen LogP contribution in [-0.4, -0.2) is 45.9 Å². The number of hydrogen-bond acceptors (Lipinski definition) is 5. The third kappa shape index (κ3) is 4.39. The molecule has 2 aromatic rings. The molecule has 1 fully saturated rings. The number of likely N-dealkylation sites (tertiary alicyclic amines) is 1. The van der Waals surface area contributed by atoms with Crippen molar-refractivity contribution in [2.75, 3.05) is 13.7 Å². The average Bonchev–Trinajstić information content (AvgIpc) is 3.10. The predicted octanol–water partition coefficient (Wildman–Crippen LogP) is 2.89. The number of aromatic amines is 1. The summed E-state index contributed by atoms with van der Waals surface area (Å²) < 4.78 is 4.82. The maximum atomic E-state index is 11.8. The van der Waals surface area contributed by atoms with Gasteiger partial charge in [0, 0.05) is 18.2 Å². The van der Waals surface area contributed by atoms with Crippen LogP contribution in [0, 0.1) is 0 Å². The summed E-state index contributed by atoms with van der Waals surface area (Å²) in [6.07, 6.45) is 7.36. The second-order valence-corrected chi connectivity index (χ2v) is 6.59. The van der Waals surface area contributed by atoms with Crippen LogP contribution in [0.3, 0.4) is 0 Å². The quantitative estimate of drug-likeness (QED) is 0.789. The molecule has 0 aliphatic carbocycles. The second-order valence-electron chi connectivity index (χ2n) is 6.59. The van der Waals surface area contributed by atoms with E-state index in [9.17, 15) is 9.90 Å². The first-order valence-corrected chi connectivity index (χ1v) is 8.80. The molecule has 0 radical (unpaired) electrons. The molecule has 1 aliphatic heterocycles. The van der Waals surface area contributed by atoms with Crippen molar-refractivity contribution in [2.45, 2.75) is 44.7 Å². The Balaban J connectivity index is 1.64. The highest BCUT2D eigenvalue weighted by Gasteiger charge is 2.25. The van der Waals surface area contributed by atoms with Gasteiger partial charge in [-0.2, -0.15) is 5.10 Å². The van der Waals surface area contributed by atoms with Crippen LogP contribution >= 0.6 is 0 Å². The highest BCUT2D eigenvalue weighted by atomic mass is 16.5. The Morgan fingerprint density at radius 1 is 1.36 bits per heavy atom. The summed E-state index contributed by atoms with van der Waals surface area (Å²) in [4.78, 5) is 14.3. The SMILES string of the molecule is COC(=O)c1[nH]ncc1CN1CCCC[C@H]1CCc1ccc(O)cc1. The summed E-state index contributed by atoms with van der Waals surface area (Å²) in [5.74, 6) is -0.0662. The molecular formula is C19H25N3O3. The fourth-order valence-corrected chi connectivity index (χ4v) is 3.52. The minimum absolute atomic E-state index is 0.304. The third-order valence-corrected chi connectivity index (χ3v) is 4.93. The molecule has 1 aromatic heterocycles. The maximum Gasteiger partial charge on any atom is 0.356 e. The van der Waals surface area contributed by atoms with Crippen LogP contribution in [-0.2, 0) is 17.7 Å². The number of methoxy groups -OCH3 is 1. The second kappa shape index (κ2) is 8.16. The van der Waals surface area contributed by atoms with Gasteiger partial charge in [-0.3, -0.25) is 10.00 Å². The van der Waals surface area contributed by atoms with E-state index in [1.54, 1.807) is 18.3 Å². The van der Waals surface area contributed by atoms with Gasteiger partial charge in [0.2, 0.25) is 0 Å². The Morgan fingerprint density at radius 2 is 2.16 bits per heavy atom. The molecule has 0 amide bonds. The molecule has 1 aliphatic rings. The fourth-order valence-electron chi connectivity index (χ4n) is 3.52. The number of carbonyl (C=O) groups excluding carboxylic acids is 1. The summed E-state index contributed by atoms with van der Waals surface area (Å²) in [6.45, 7) is 1.74. The number of benzene rings is 1. The minimum Gasteiger partial charge on any atom is -0.508 e. The number of aryl methyl sites for hydroxylation is 1. The van der Waals surface area contributed by atoms with Crippen LogP contribution in [0.5, 0.6) is 5.75 Å². The van der Waals surface area contributed by atoms with Crippen LogP contribution in [0.4, 0.5) is 0 Å². The van der Waals surface area contributed by atoms with Crippen molar-refractivity contribution in [3.05, 3.63) is 47.3 Å². The number of aromatic hydroxyl groups is 1. The molecule has 134 valence electrons. The van der Waals surface area contributed by atoms with E-state index in [2.05, 4.69) is 15.1 Å². The molecule has 0 bridgehead atoms. The number of hydrogen-bond donors (Lipinski definition) is 2. The van der Waals surface area contributed by atoms with Crippen LogP contribution in [0.25, 0.3) is 0 Å².